The average molecular weight is 399 g/mol. The van der Waals surface area contributed by atoms with Gasteiger partial charge >= 0.3 is 6.18 Å². The molecular weight excluding hydrogens is 381 g/mol. The van der Waals surface area contributed by atoms with E-state index in [4.69, 9.17) is 11.6 Å². The summed E-state index contributed by atoms with van der Waals surface area (Å²) in [7, 11) is 0. The molecule has 0 spiro atoms. The highest BCUT2D eigenvalue weighted by molar-refractivity contribution is 6.34. The number of hydrogen-bond acceptors (Lipinski definition) is 4. The number of alkyl halides is 3. The van der Waals surface area contributed by atoms with Gasteiger partial charge in [-0.15, -0.1) is 0 Å². The van der Waals surface area contributed by atoms with Crippen molar-refractivity contribution in [1.82, 2.24) is 19.4 Å². The second-order valence-electron chi connectivity index (χ2n) is 6.92. The van der Waals surface area contributed by atoms with Gasteiger partial charge in [0.1, 0.15) is 23.9 Å². The number of benzene rings is 1. The van der Waals surface area contributed by atoms with Crippen molar-refractivity contribution in [2.45, 2.75) is 38.2 Å². The molecule has 0 amide bonds. The number of aliphatic hydroxyl groups is 1. The van der Waals surface area contributed by atoms with Crippen molar-refractivity contribution in [3.63, 3.8) is 0 Å². The van der Waals surface area contributed by atoms with E-state index in [1.54, 1.807) is 6.07 Å². The molecule has 4 rings (SSSR count). The monoisotopic (exact) mass is 398 g/mol. The van der Waals surface area contributed by atoms with E-state index in [1.165, 1.54) is 6.33 Å². The zero-order chi connectivity index (χ0) is 19.2. The summed E-state index contributed by atoms with van der Waals surface area (Å²) in [6.07, 6.45) is -1.90. The van der Waals surface area contributed by atoms with Crippen LogP contribution in [0, 0.1) is 0 Å². The molecule has 5 nitrogen and oxygen atoms in total. The lowest BCUT2D eigenvalue weighted by Crippen LogP contribution is -2.35. The summed E-state index contributed by atoms with van der Waals surface area (Å²) in [6.45, 7) is 1.11. The molecule has 27 heavy (non-hydrogen) atoms. The zero-order valence-electron chi connectivity index (χ0n) is 14.4. The number of nitrogens with zero attached hydrogens (tertiary/aromatic N) is 4. The van der Waals surface area contributed by atoms with E-state index in [-0.39, 0.29) is 16.8 Å². The van der Waals surface area contributed by atoms with Crippen molar-refractivity contribution < 1.29 is 18.3 Å². The zero-order valence-corrected chi connectivity index (χ0v) is 15.1. The molecule has 1 fully saturated rings. The highest BCUT2D eigenvalue weighted by atomic mass is 35.5. The standard InChI is InChI=1S/C18H18ClF3N4O/c19-17-16-15(23-10-24-17)13-7-11(8-25-5-3-12(27)4-6-25)1-2-14(13)26(16)9-18(20,21)22/h1-2,7,10,12,27H,3-6,8-9H2. The van der Waals surface area contributed by atoms with Gasteiger partial charge in [0.25, 0.3) is 0 Å². The Morgan fingerprint density at radius 1 is 1.19 bits per heavy atom. The second kappa shape index (κ2) is 6.92. The molecule has 3 heterocycles. The van der Waals surface area contributed by atoms with Gasteiger partial charge in [-0.2, -0.15) is 13.2 Å². The topological polar surface area (TPSA) is 54.2 Å². The predicted molar refractivity (Wildman–Crippen MR) is 96.6 cm³/mol. The molecule has 0 saturated carbocycles. The Morgan fingerprint density at radius 3 is 2.63 bits per heavy atom. The molecule has 1 N–H and O–H groups in total. The van der Waals surface area contributed by atoms with E-state index in [0.717, 1.165) is 36.1 Å². The molecule has 2 aromatic heterocycles. The summed E-state index contributed by atoms with van der Waals surface area (Å²) in [5, 5.41) is 10.3. The van der Waals surface area contributed by atoms with Crippen LogP contribution in [0.1, 0.15) is 18.4 Å². The molecule has 1 aromatic carbocycles. The van der Waals surface area contributed by atoms with Gasteiger partial charge < -0.3 is 9.67 Å². The molecule has 1 aliphatic rings. The smallest absolute Gasteiger partial charge is 0.393 e. The van der Waals surface area contributed by atoms with Gasteiger partial charge in [0.2, 0.25) is 0 Å². The van der Waals surface area contributed by atoms with Gasteiger partial charge in [0.05, 0.1) is 11.6 Å². The van der Waals surface area contributed by atoms with Crippen LogP contribution < -0.4 is 0 Å². The quantitative estimate of drug-likeness (QED) is 0.683. The summed E-state index contributed by atoms with van der Waals surface area (Å²) in [5.74, 6) is 0. The maximum Gasteiger partial charge on any atom is 0.406 e. The van der Waals surface area contributed by atoms with E-state index in [0.29, 0.717) is 23.0 Å². The lowest BCUT2D eigenvalue weighted by molar-refractivity contribution is -0.139. The Labute approximate surface area is 158 Å². The fraction of sp³-hybridized carbons (Fsp3) is 0.444. The molecule has 0 atom stereocenters. The van der Waals surface area contributed by atoms with Crippen LogP contribution in [0.3, 0.4) is 0 Å². The molecule has 0 aliphatic carbocycles. The van der Waals surface area contributed by atoms with Crippen LogP contribution in [-0.2, 0) is 13.1 Å². The fourth-order valence-corrected chi connectivity index (χ4v) is 3.93. The van der Waals surface area contributed by atoms with Crippen LogP contribution in [0.15, 0.2) is 24.5 Å². The van der Waals surface area contributed by atoms with Gasteiger partial charge in [0.15, 0.2) is 5.15 Å². The second-order valence-corrected chi connectivity index (χ2v) is 7.28. The van der Waals surface area contributed by atoms with Crippen molar-refractivity contribution >= 4 is 33.5 Å². The number of likely N-dealkylation sites (tertiary alicyclic amines) is 1. The minimum atomic E-state index is -4.38. The molecule has 1 saturated heterocycles. The van der Waals surface area contributed by atoms with Gasteiger partial charge in [-0.1, -0.05) is 17.7 Å². The first-order valence-corrected chi connectivity index (χ1v) is 9.08. The number of piperidine rings is 1. The Hall–Kier alpha value is -1.90. The van der Waals surface area contributed by atoms with Crippen LogP contribution in [-0.4, -0.2) is 49.9 Å². The Bertz CT molecular complexity index is 980. The van der Waals surface area contributed by atoms with E-state index < -0.39 is 12.7 Å². The summed E-state index contributed by atoms with van der Waals surface area (Å²) < 4.78 is 40.4. The molecule has 1 aliphatic heterocycles. The molecule has 0 bridgehead atoms. The van der Waals surface area contributed by atoms with Crippen molar-refractivity contribution in [2.24, 2.45) is 0 Å². The van der Waals surface area contributed by atoms with Gasteiger partial charge in [0, 0.05) is 25.0 Å². The summed E-state index contributed by atoms with van der Waals surface area (Å²) in [4.78, 5) is 10.3. The summed E-state index contributed by atoms with van der Waals surface area (Å²) in [5.41, 5.74) is 2.04. The van der Waals surface area contributed by atoms with Crippen molar-refractivity contribution in [3.8, 4) is 0 Å². The van der Waals surface area contributed by atoms with Crippen molar-refractivity contribution in [1.29, 1.82) is 0 Å². The van der Waals surface area contributed by atoms with Crippen LogP contribution in [0.5, 0.6) is 0 Å². The molecule has 144 valence electrons. The third-order valence-corrected chi connectivity index (χ3v) is 5.23. The Morgan fingerprint density at radius 2 is 1.93 bits per heavy atom. The van der Waals surface area contributed by atoms with E-state index >= 15 is 0 Å². The normalized spacial score (nSPS) is 17.2. The third-order valence-electron chi connectivity index (χ3n) is 4.96. The van der Waals surface area contributed by atoms with Crippen LogP contribution >= 0.6 is 11.6 Å². The predicted octanol–water partition coefficient (Wildman–Crippen LogP) is 3.76. The first-order valence-electron chi connectivity index (χ1n) is 8.70. The first-order chi connectivity index (χ1) is 12.8. The van der Waals surface area contributed by atoms with Crippen LogP contribution in [0.25, 0.3) is 21.9 Å². The lowest BCUT2D eigenvalue weighted by Gasteiger charge is -2.29. The maximum absolute atomic E-state index is 13.1. The van der Waals surface area contributed by atoms with Gasteiger partial charge in [-0.3, -0.25) is 4.90 Å². The number of rotatable bonds is 3. The van der Waals surface area contributed by atoms with Crippen LogP contribution in [0.2, 0.25) is 5.15 Å². The SMILES string of the molecule is OC1CCN(Cc2ccc3c(c2)c2ncnc(Cl)c2n3CC(F)(F)F)CC1. The number of fused-ring (bicyclic) bond motifs is 3. The first kappa shape index (κ1) is 18.5. The van der Waals surface area contributed by atoms with Crippen LogP contribution in [0.4, 0.5) is 13.2 Å². The van der Waals surface area contributed by atoms with Gasteiger partial charge in [-0.05, 0) is 30.5 Å². The minimum Gasteiger partial charge on any atom is -0.393 e. The molecule has 0 radical (unpaired) electrons. The van der Waals surface area contributed by atoms with Crippen molar-refractivity contribution in [3.05, 3.63) is 35.2 Å². The summed E-state index contributed by atoms with van der Waals surface area (Å²) >= 11 is 6.10. The number of aromatic nitrogens is 3. The third kappa shape index (κ3) is 3.74. The highest BCUT2D eigenvalue weighted by Crippen LogP contribution is 2.34. The largest absolute Gasteiger partial charge is 0.406 e. The highest BCUT2D eigenvalue weighted by Gasteiger charge is 2.31. The van der Waals surface area contributed by atoms with Crippen molar-refractivity contribution in [2.75, 3.05) is 13.1 Å². The van der Waals surface area contributed by atoms with E-state index in [1.807, 2.05) is 12.1 Å². The molecule has 9 heteroatoms. The molecular formula is C18H18ClF3N4O. The number of hydrogen-bond donors (Lipinski definition) is 1. The fourth-order valence-electron chi connectivity index (χ4n) is 3.70. The van der Waals surface area contributed by atoms with E-state index in [2.05, 4.69) is 14.9 Å². The maximum atomic E-state index is 13.1. The number of aliphatic hydroxyl groups excluding tert-OH is 1. The minimum absolute atomic E-state index is 0.00650. The summed E-state index contributed by atoms with van der Waals surface area (Å²) in [6, 6.07) is 5.40. The lowest BCUT2D eigenvalue weighted by atomic mass is 10.1. The average Bonchev–Trinajstić information content (AvgIpc) is 2.90. The molecule has 0 unspecified atom stereocenters. The van der Waals surface area contributed by atoms with E-state index in [9.17, 15) is 18.3 Å². The number of halogens is 4. The Kier molecular flexibility index (Phi) is 4.73. The molecule has 3 aromatic rings. The Balaban J connectivity index is 1.77. The van der Waals surface area contributed by atoms with Gasteiger partial charge in [-0.25, -0.2) is 9.97 Å².